The fourth-order valence-electron chi connectivity index (χ4n) is 4.37. The predicted molar refractivity (Wildman–Crippen MR) is 113 cm³/mol. The number of imidazole rings is 1. The van der Waals surface area contributed by atoms with Crippen molar-refractivity contribution in [3.8, 4) is 5.75 Å². The number of fused-ring (bicyclic) bond motifs is 1. The van der Waals surface area contributed by atoms with E-state index in [1.165, 1.54) is 0 Å². The monoisotopic (exact) mass is 424 g/mol. The summed E-state index contributed by atoms with van der Waals surface area (Å²) in [6.45, 7) is 2.13. The van der Waals surface area contributed by atoms with E-state index in [-0.39, 0.29) is 23.8 Å². The van der Waals surface area contributed by atoms with Gasteiger partial charge < -0.3 is 24.3 Å². The smallest absolute Gasteiger partial charge is 0.274 e. The quantitative estimate of drug-likeness (QED) is 0.796. The summed E-state index contributed by atoms with van der Waals surface area (Å²) >= 11 is 0. The first-order valence-corrected chi connectivity index (χ1v) is 11.0. The number of carbonyl (C=O) groups excluding carboxylic acids is 2. The Hall–Kier alpha value is -2.87. The zero-order chi connectivity index (χ0) is 21.4. The van der Waals surface area contributed by atoms with Gasteiger partial charge in [-0.3, -0.25) is 9.59 Å². The lowest BCUT2D eigenvalue weighted by Crippen LogP contribution is -2.43. The van der Waals surface area contributed by atoms with Crippen LogP contribution in [0.25, 0.3) is 0 Å². The van der Waals surface area contributed by atoms with Gasteiger partial charge in [-0.1, -0.05) is 12.1 Å². The first-order chi connectivity index (χ1) is 15.1. The fourth-order valence-corrected chi connectivity index (χ4v) is 4.37. The number of piperidine rings is 1. The predicted octanol–water partition coefficient (Wildman–Crippen LogP) is 2.29. The Bertz CT molecular complexity index is 958. The van der Waals surface area contributed by atoms with E-state index in [0.29, 0.717) is 50.8 Å². The van der Waals surface area contributed by atoms with E-state index in [9.17, 15) is 9.59 Å². The average Bonchev–Trinajstić information content (AvgIpc) is 3.53. The van der Waals surface area contributed by atoms with Gasteiger partial charge in [-0.2, -0.15) is 0 Å². The minimum absolute atomic E-state index is 0.00847. The van der Waals surface area contributed by atoms with Crippen LogP contribution in [0.2, 0.25) is 0 Å². The molecule has 2 amide bonds. The maximum Gasteiger partial charge on any atom is 0.274 e. The molecule has 164 valence electrons. The molecular weight excluding hydrogens is 396 g/mol. The van der Waals surface area contributed by atoms with Crippen LogP contribution < -0.4 is 10.1 Å². The zero-order valence-electron chi connectivity index (χ0n) is 17.8. The summed E-state index contributed by atoms with van der Waals surface area (Å²) in [4.78, 5) is 31.6. The summed E-state index contributed by atoms with van der Waals surface area (Å²) in [7, 11) is 1.65. The molecule has 8 heteroatoms. The van der Waals surface area contributed by atoms with Gasteiger partial charge in [-0.15, -0.1) is 0 Å². The number of benzene rings is 1. The molecule has 3 heterocycles. The molecule has 1 aliphatic carbocycles. The molecule has 8 nitrogen and oxygen atoms in total. The van der Waals surface area contributed by atoms with Crippen molar-refractivity contribution >= 4 is 11.8 Å². The third-order valence-corrected chi connectivity index (χ3v) is 6.50. The highest BCUT2D eigenvalue weighted by molar-refractivity contribution is 5.93. The Morgan fingerprint density at radius 3 is 2.55 bits per heavy atom. The van der Waals surface area contributed by atoms with Crippen LogP contribution in [0, 0.1) is 5.92 Å². The van der Waals surface area contributed by atoms with Crippen molar-refractivity contribution in [3.63, 3.8) is 0 Å². The van der Waals surface area contributed by atoms with Gasteiger partial charge in [-0.05, 0) is 43.4 Å². The van der Waals surface area contributed by atoms with E-state index in [1.807, 2.05) is 33.7 Å². The van der Waals surface area contributed by atoms with Crippen molar-refractivity contribution < 1.29 is 19.1 Å². The number of hydrogen-bond donors (Lipinski definition) is 1. The molecule has 1 unspecified atom stereocenters. The number of hydrogen-bond acceptors (Lipinski definition) is 5. The number of nitrogens with one attached hydrogen (secondary N) is 1. The third-order valence-electron chi connectivity index (χ3n) is 6.50. The highest BCUT2D eigenvalue weighted by atomic mass is 16.5. The number of ether oxygens (including phenoxy) is 2. The second-order valence-electron chi connectivity index (χ2n) is 8.61. The Labute approximate surface area is 181 Å². The third kappa shape index (κ3) is 4.17. The molecule has 3 aliphatic rings. The van der Waals surface area contributed by atoms with E-state index in [0.717, 1.165) is 29.8 Å². The average molecular weight is 425 g/mol. The molecule has 1 N–H and O–H groups in total. The molecule has 2 fully saturated rings. The Morgan fingerprint density at radius 1 is 1.13 bits per heavy atom. The summed E-state index contributed by atoms with van der Waals surface area (Å²) in [6.07, 6.45) is 5.24. The van der Waals surface area contributed by atoms with Gasteiger partial charge in [0.05, 0.1) is 32.3 Å². The number of methoxy groups -OCH3 is 1. The first-order valence-electron chi connectivity index (χ1n) is 11.0. The van der Waals surface area contributed by atoms with Crippen LogP contribution in [0.5, 0.6) is 5.75 Å². The molecular formula is C23H28N4O4. The number of nitrogens with zero attached hydrogens (tertiary/aromatic N) is 3. The number of rotatable bonds is 5. The van der Waals surface area contributed by atoms with Crippen LogP contribution in [-0.2, 0) is 22.7 Å². The van der Waals surface area contributed by atoms with Gasteiger partial charge in [0.25, 0.3) is 5.91 Å². The van der Waals surface area contributed by atoms with E-state index in [4.69, 9.17) is 9.47 Å². The fraction of sp³-hybridized carbons (Fsp3) is 0.522. The minimum Gasteiger partial charge on any atom is -0.497 e. The Kier molecular flexibility index (Phi) is 5.40. The van der Waals surface area contributed by atoms with E-state index in [2.05, 4.69) is 10.3 Å². The van der Waals surface area contributed by atoms with Gasteiger partial charge in [0.1, 0.15) is 11.9 Å². The lowest BCUT2D eigenvalue weighted by Gasteiger charge is -2.31. The number of amides is 2. The molecule has 1 aromatic carbocycles. The normalized spacial score (nSPS) is 21.5. The van der Waals surface area contributed by atoms with E-state index in [1.54, 1.807) is 13.4 Å². The van der Waals surface area contributed by atoms with Crippen LogP contribution in [0.4, 0.5) is 0 Å². The number of carbonyl (C=O) groups is 2. The van der Waals surface area contributed by atoms with Gasteiger partial charge in [0.15, 0.2) is 5.69 Å². The van der Waals surface area contributed by atoms with Crippen molar-refractivity contribution in [2.24, 2.45) is 5.92 Å². The van der Waals surface area contributed by atoms with Crippen LogP contribution in [-0.4, -0.2) is 52.5 Å². The lowest BCUT2D eigenvalue weighted by atomic mass is 9.95. The zero-order valence-corrected chi connectivity index (χ0v) is 17.8. The number of likely N-dealkylation sites (tertiary alicyclic amines) is 1. The molecule has 0 spiro atoms. The summed E-state index contributed by atoms with van der Waals surface area (Å²) in [5, 5.41) is 3.08. The summed E-state index contributed by atoms with van der Waals surface area (Å²) in [6, 6.07) is 8.23. The Balaban J connectivity index is 1.21. The molecule has 0 bridgehead atoms. The minimum atomic E-state index is -0.0868. The SMILES string of the molecule is COc1ccc(C2Cn3cnc(C(=O)N4CCC(C(=O)NC5CC5)CC4)c3CO2)cc1. The van der Waals surface area contributed by atoms with Gasteiger partial charge >= 0.3 is 0 Å². The molecule has 1 aromatic heterocycles. The maximum atomic E-state index is 13.1. The van der Waals surface area contributed by atoms with Crippen LogP contribution in [0.3, 0.4) is 0 Å². The highest BCUT2D eigenvalue weighted by Gasteiger charge is 2.33. The van der Waals surface area contributed by atoms with E-state index < -0.39 is 0 Å². The van der Waals surface area contributed by atoms with Crippen molar-refractivity contribution in [1.29, 1.82) is 0 Å². The Morgan fingerprint density at radius 2 is 1.87 bits per heavy atom. The standard InChI is InChI=1S/C23H28N4O4/c1-30-18-6-2-15(3-7-18)20-12-27-14-24-21(19(27)13-31-20)23(29)26-10-8-16(9-11-26)22(28)25-17-4-5-17/h2-3,6-7,14,16-17,20H,4-5,8-13H2,1H3,(H,25,28). The summed E-state index contributed by atoms with van der Waals surface area (Å²) in [5.41, 5.74) is 2.36. The van der Waals surface area contributed by atoms with Gasteiger partial charge in [-0.25, -0.2) is 4.98 Å². The highest BCUT2D eigenvalue weighted by Crippen LogP contribution is 2.30. The first kappa shape index (κ1) is 20.1. The van der Waals surface area contributed by atoms with Crippen LogP contribution in [0.1, 0.15) is 53.5 Å². The second kappa shape index (κ2) is 8.34. The van der Waals surface area contributed by atoms with Crippen molar-refractivity contribution in [2.45, 2.75) is 51.0 Å². The van der Waals surface area contributed by atoms with E-state index >= 15 is 0 Å². The van der Waals surface area contributed by atoms with Crippen LogP contribution in [0.15, 0.2) is 30.6 Å². The van der Waals surface area contributed by atoms with Crippen molar-refractivity contribution in [1.82, 2.24) is 19.8 Å². The number of aromatic nitrogens is 2. The summed E-state index contributed by atoms with van der Waals surface area (Å²) < 4.78 is 13.3. The van der Waals surface area contributed by atoms with Crippen molar-refractivity contribution in [3.05, 3.63) is 47.5 Å². The largest absolute Gasteiger partial charge is 0.497 e. The second-order valence-corrected chi connectivity index (χ2v) is 8.61. The maximum absolute atomic E-state index is 13.1. The van der Waals surface area contributed by atoms with Crippen LogP contribution >= 0.6 is 0 Å². The lowest BCUT2D eigenvalue weighted by molar-refractivity contribution is -0.126. The molecule has 2 aliphatic heterocycles. The molecule has 31 heavy (non-hydrogen) atoms. The topological polar surface area (TPSA) is 85.7 Å². The molecule has 1 atom stereocenters. The van der Waals surface area contributed by atoms with Gasteiger partial charge in [0.2, 0.25) is 5.91 Å². The van der Waals surface area contributed by atoms with Gasteiger partial charge in [0, 0.05) is 25.0 Å². The van der Waals surface area contributed by atoms with Crippen molar-refractivity contribution in [2.75, 3.05) is 20.2 Å². The molecule has 0 radical (unpaired) electrons. The molecule has 2 aromatic rings. The summed E-state index contributed by atoms with van der Waals surface area (Å²) in [5.74, 6) is 0.895. The molecule has 5 rings (SSSR count). The molecule has 1 saturated carbocycles. The molecule has 1 saturated heterocycles.